The summed E-state index contributed by atoms with van der Waals surface area (Å²) < 4.78 is 11.8. The number of methoxy groups -OCH3 is 1. The lowest BCUT2D eigenvalue weighted by molar-refractivity contribution is 0.110. The molecule has 3 aromatic rings. The molecule has 0 aliphatic carbocycles. The molecule has 0 saturated carbocycles. The summed E-state index contributed by atoms with van der Waals surface area (Å²) in [6.07, 6.45) is 0. The van der Waals surface area contributed by atoms with Crippen LogP contribution in [0, 0.1) is 13.8 Å². The van der Waals surface area contributed by atoms with E-state index in [4.69, 9.17) is 9.16 Å². The molecule has 44 heavy (non-hydrogen) atoms. The van der Waals surface area contributed by atoms with Gasteiger partial charge in [-0.15, -0.1) is 0 Å². The van der Waals surface area contributed by atoms with Gasteiger partial charge in [0.05, 0.1) is 24.1 Å². The van der Waals surface area contributed by atoms with Crippen LogP contribution >= 0.6 is 0 Å². The number of hydrogen-bond donors (Lipinski definition) is 3. The van der Waals surface area contributed by atoms with Crippen molar-refractivity contribution in [1.82, 2.24) is 4.90 Å². The minimum Gasteiger partial charge on any atom is -0.495 e. The topological polar surface area (TPSA) is 95.2 Å². The Balaban J connectivity index is 1.32. The van der Waals surface area contributed by atoms with Crippen molar-refractivity contribution in [2.45, 2.75) is 59.1 Å². The van der Waals surface area contributed by atoms with Crippen molar-refractivity contribution < 1.29 is 18.8 Å². The largest absolute Gasteiger partial charge is 0.495 e. The first kappa shape index (κ1) is 32.9. The number of carbonyl (C=O) groups is 2. The standard InChI is InChI=1S/C34H47N5O4Si/c1-23-12-17-29(42-8)28(22-23)36-31(40)35-25-13-15-26(16-14-25)38-18-20-39(21-19-38)32(41)37-30-24(2)10-9-11-27(30)34(6,7)43-44-33(3,4)5/h9-17,22H,18-21,44H2,1-8H3,(H,37,41)(H2,35,36,40). The van der Waals surface area contributed by atoms with Gasteiger partial charge in [-0.05, 0) is 80.3 Å². The molecule has 3 aromatic carbocycles. The van der Waals surface area contributed by atoms with Gasteiger partial charge in [-0.3, -0.25) is 0 Å². The normalized spacial score (nSPS) is 14.1. The predicted molar refractivity (Wildman–Crippen MR) is 183 cm³/mol. The van der Waals surface area contributed by atoms with Crippen molar-refractivity contribution >= 4 is 44.6 Å². The van der Waals surface area contributed by atoms with Crippen LogP contribution in [0.5, 0.6) is 5.75 Å². The fourth-order valence-electron chi connectivity index (χ4n) is 5.12. The highest BCUT2D eigenvalue weighted by Gasteiger charge is 2.29. The number of aryl methyl sites for hydroxylation is 2. The fourth-order valence-corrected chi connectivity index (χ4v) is 6.07. The van der Waals surface area contributed by atoms with Gasteiger partial charge in [0, 0.05) is 43.1 Å². The summed E-state index contributed by atoms with van der Waals surface area (Å²) in [5.41, 5.74) is 5.71. The lowest BCUT2D eigenvalue weighted by Gasteiger charge is -2.37. The molecule has 0 spiro atoms. The second kappa shape index (κ2) is 13.7. The number of piperazine rings is 1. The smallest absolute Gasteiger partial charge is 0.323 e. The molecular weight excluding hydrogens is 570 g/mol. The number of ether oxygens (including phenoxy) is 1. The highest BCUT2D eigenvalue weighted by molar-refractivity contribution is 6.31. The van der Waals surface area contributed by atoms with Gasteiger partial charge in [0.2, 0.25) is 0 Å². The van der Waals surface area contributed by atoms with E-state index in [1.54, 1.807) is 7.11 Å². The Bertz CT molecular complexity index is 1460. The van der Waals surface area contributed by atoms with E-state index >= 15 is 0 Å². The van der Waals surface area contributed by atoms with E-state index in [1.807, 2.05) is 73.3 Å². The lowest BCUT2D eigenvalue weighted by Crippen LogP contribution is -2.50. The maximum atomic E-state index is 13.4. The monoisotopic (exact) mass is 617 g/mol. The Morgan fingerprint density at radius 2 is 1.52 bits per heavy atom. The number of para-hydroxylation sites is 1. The average molecular weight is 618 g/mol. The molecule has 10 heteroatoms. The second-order valence-corrected chi connectivity index (χ2v) is 15.8. The van der Waals surface area contributed by atoms with E-state index in [2.05, 4.69) is 61.5 Å². The van der Waals surface area contributed by atoms with Crippen LogP contribution in [0.25, 0.3) is 0 Å². The number of amides is 4. The molecule has 0 atom stereocenters. The first-order valence-corrected chi connectivity index (χ1v) is 16.4. The highest BCUT2D eigenvalue weighted by atomic mass is 28.2. The average Bonchev–Trinajstić information content (AvgIpc) is 2.97. The number of hydrogen-bond acceptors (Lipinski definition) is 5. The Hall–Kier alpha value is -4.02. The maximum Gasteiger partial charge on any atom is 0.323 e. The molecule has 4 amide bonds. The fraction of sp³-hybridized carbons (Fsp3) is 0.412. The highest BCUT2D eigenvalue weighted by Crippen LogP contribution is 2.35. The van der Waals surface area contributed by atoms with E-state index in [-0.39, 0.29) is 17.1 Å². The molecule has 1 aliphatic heterocycles. The summed E-state index contributed by atoms with van der Waals surface area (Å²) in [6, 6.07) is 19.0. The minimum absolute atomic E-state index is 0.0973. The lowest BCUT2D eigenvalue weighted by atomic mass is 9.94. The Labute approximate surface area is 264 Å². The molecule has 0 unspecified atom stereocenters. The van der Waals surface area contributed by atoms with Gasteiger partial charge in [-0.25, -0.2) is 9.59 Å². The molecule has 1 saturated heterocycles. The van der Waals surface area contributed by atoms with Crippen molar-refractivity contribution in [3.8, 4) is 5.75 Å². The summed E-state index contributed by atoms with van der Waals surface area (Å²) in [7, 11) is 0.789. The SMILES string of the molecule is COc1ccc(C)cc1NC(=O)Nc1ccc(N2CCN(C(=O)Nc3c(C)cccc3C(C)(C)O[SiH2]C(C)(C)C)CC2)cc1. The van der Waals surface area contributed by atoms with Gasteiger partial charge in [-0.2, -0.15) is 0 Å². The van der Waals surface area contributed by atoms with Crippen molar-refractivity contribution in [3.63, 3.8) is 0 Å². The van der Waals surface area contributed by atoms with Gasteiger partial charge in [0.15, 0.2) is 9.76 Å². The molecule has 4 rings (SSSR count). The van der Waals surface area contributed by atoms with Gasteiger partial charge >= 0.3 is 12.1 Å². The molecule has 1 aliphatic rings. The first-order valence-electron chi connectivity index (χ1n) is 15.1. The van der Waals surface area contributed by atoms with Gasteiger partial charge < -0.3 is 34.9 Å². The molecular formula is C34H47N5O4Si. The van der Waals surface area contributed by atoms with Crippen LogP contribution in [-0.4, -0.2) is 60.0 Å². The zero-order chi connectivity index (χ0) is 32.1. The maximum absolute atomic E-state index is 13.4. The third-order valence-electron chi connectivity index (χ3n) is 7.68. The number of urea groups is 2. The van der Waals surface area contributed by atoms with E-state index in [0.29, 0.717) is 43.3 Å². The summed E-state index contributed by atoms with van der Waals surface area (Å²) in [6.45, 7) is 17.4. The predicted octanol–water partition coefficient (Wildman–Crippen LogP) is 6.86. The number of rotatable bonds is 8. The number of carbonyl (C=O) groups excluding carboxylic acids is 2. The van der Waals surface area contributed by atoms with Gasteiger partial charge in [0.25, 0.3) is 0 Å². The molecule has 9 nitrogen and oxygen atoms in total. The third-order valence-corrected chi connectivity index (χ3v) is 9.41. The summed E-state index contributed by atoms with van der Waals surface area (Å²) in [4.78, 5) is 30.1. The molecule has 0 radical (unpaired) electrons. The van der Waals surface area contributed by atoms with Crippen LogP contribution in [0.15, 0.2) is 60.7 Å². The third kappa shape index (κ3) is 8.54. The minimum atomic E-state index is -0.786. The van der Waals surface area contributed by atoms with Crippen LogP contribution < -0.4 is 25.6 Å². The van der Waals surface area contributed by atoms with Crippen LogP contribution in [0.4, 0.5) is 32.3 Å². The Morgan fingerprint density at radius 1 is 0.841 bits per heavy atom. The second-order valence-electron chi connectivity index (χ2n) is 13.1. The van der Waals surface area contributed by atoms with Crippen LogP contribution in [0.1, 0.15) is 51.3 Å². The zero-order valence-corrected chi connectivity index (χ0v) is 28.8. The van der Waals surface area contributed by atoms with Crippen molar-refractivity contribution in [1.29, 1.82) is 0 Å². The first-order chi connectivity index (χ1) is 20.8. The van der Waals surface area contributed by atoms with Crippen molar-refractivity contribution in [3.05, 3.63) is 77.4 Å². The Morgan fingerprint density at radius 3 is 2.16 bits per heavy atom. The van der Waals surface area contributed by atoms with Crippen LogP contribution in [0.3, 0.4) is 0 Å². The van der Waals surface area contributed by atoms with Crippen molar-refractivity contribution in [2.24, 2.45) is 0 Å². The molecule has 1 heterocycles. The van der Waals surface area contributed by atoms with E-state index in [0.717, 1.165) is 28.1 Å². The summed E-state index contributed by atoms with van der Waals surface area (Å²) >= 11 is 0. The number of nitrogens with one attached hydrogen (secondary N) is 3. The van der Waals surface area contributed by atoms with Crippen LogP contribution in [0.2, 0.25) is 5.04 Å². The summed E-state index contributed by atoms with van der Waals surface area (Å²) in [5, 5.41) is 9.12. The van der Waals surface area contributed by atoms with Gasteiger partial charge in [0.1, 0.15) is 5.75 Å². The molecule has 1 fully saturated rings. The van der Waals surface area contributed by atoms with E-state index in [1.165, 1.54) is 0 Å². The van der Waals surface area contributed by atoms with Crippen LogP contribution in [-0.2, 0) is 10.0 Å². The van der Waals surface area contributed by atoms with E-state index in [9.17, 15) is 9.59 Å². The molecule has 0 aromatic heterocycles. The zero-order valence-electron chi connectivity index (χ0n) is 27.3. The quantitative estimate of drug-likeness (QED) is 0.240. The Kier molecular flexibility index (Phi) is 10.3. The number of anilines is 4. The molecule has 236 valence electrons. The number of benzene rings is 3. The molecule has 3 N–H and O–H groups in total. The number of nitrogens with zero attached hydrogens (tertiary/aromatic N) is 2. The van der Waals surface area contributed by atoms with E-state index < -0.39 is 15.4 Å². The molecule has 0 bridgehead atoms. The van der Waals surface area contributed by atoms with Gasteiger partial charge in [-0.1, -0.05) is 45.0 Å². The van der Waals surface area contributed by atoms with Crippen molar-refractivity contribution in [2.75, 3.05) is 54.1 Å². The summed E-state index contributed by atoms with van der Waals surface area (Å²) in [5.74, 6) is 0.601.